The van der Waals surface area contributed by atoms with E-state index in [1.165, 1.54) is 22.8 Å². The van der Waals surface area contributed by atoms with Crippen LogP contribution in [-0.2, 0) is 17.8 Å². The third-order valence-corrected chi connectivity index (χ3v) is 4.41. The van der Waals surface area contributed by atoms with Crippen LogP contribution in [0.25, 0.3) is 0 Å². The van der Waals surface area contributed by atoms with E-state index in [9.17, 15) is 19.1 Å². The molecule has 7 nitrogen and oxygen atoms in total. The first-order chi connectivity index (χ1) is 12.4. The molecule has 3 rings (SSSR count). The van der Waals surface area contributed by atoms with Gasteiger partial charge in [-0.3, -0.25) is 14.2 Å². The number of aromatic hydroxyl groups is 1. The summed E-state index contributed by atoms with van der Waals surface area (Å²) in [5.74, 6) is -1.67. The quantitative estimate of drug-likeness (QED) is 0.846. The van der Waals surface area contributed by atoms with Crippen LogP contribution in [0.4, 0.5) is 4.39 Å². The average molecular weight is 382 g/mol. The smallest absolute Gasteiger partial charge is 0.296 e. The Kier molecular flexibility index (Phi) is 5.24. The summed E-state index contributed by atoms with van der Waals surface area (Å²) in [4.78, 5) is 28.9. The number of aromatic nitrogens is 2. The van der Waals surface area contributed by atoms with E-state index in [0.29, 0.717) is 24.4 Å². The minimum Gasteiger partial charge on any atom is -0.501 e. The van der Waals surface area contributed by atoms with Crippen LogP contribution in [0, 0.1) is 5.82 Å². The SMILES string of the molecule is CCC1OCCn2c1nc(C(=O)NCc1ccc(F)c(Cl)c1)c(O)c2=O. The van der Waals surface area contributed by atoms with Gasteiger partial charge in [0.25, 0.3) is 11.5 Å². The van der Waals surface area contributed by atoms with E-state index < -0.39 is 29.1 Å². The van der Waals surface area contributed by atoms with Crippen molar-refractivity contribution < 1.29 is 19.0 Å². The molecule has 0 aliphatic carbocycles. The lowest BCUT2D eigenvalue weighted by atomic mass is 10.2. The summed E-state index contributed by atoms with van der Waals surface area (Å²) in [5, 5.41) is 12.6. The van der Waals surface area contributed by atoms with Crippen molar-refractivity contribution in [2.24, 2.45) is 0 Å². The number of ether oxygens (including phenoxy) is 1. The number of benzene rings is 1. The molecule has 1 unspecified atom stereocenters. The van der Waals surface area contributed by atoms with Gasteiger partial charge in [-0.1, -0.05) is 24.6 Å². The number of hydrogen-bond donors (Lipinski definition) is 2. The van der Waals surface area contributed by atoms with Gasteiger partial charge in [0.05, 0.1) is 18.2 Å². The van der Waals surface area contributed by atoms with E-state index in [1.54, 1.807) is 0 Å². The van der Waals surface area contributed by atoms with E-state index in [-0.39, 0.29) is 23.8 Å². The van der Waals surface area contributed by atoms with Crippen molar-refractivity contribution in [3.05, 3.63) is 56.5 Å². The van der Waals surface area contributed by atoms with Crippen LogP contribution in [0.15, 0.2) is 23.0 Å². The molecule has 0 radical (unpaired) electrons. The van der Waals surface area contributed by atoms with Gasteiger partial charge < -0.3 is 15.2 Å². The summed E-state index contributed by atoms with van der Waals surface area (Å²) in [6.07, 6.45) is 0.159. The predicted octanol–water partition coefficient (Wildman–Crippen LogP) is 2.15. The van der Waals surface area contributed by atoms with Gasteiger partial charge >= 0.3 is 0 Å². The Balaban J connectivity index is 1.86. The topological polar surface area (TPSA) is 93.5 Å². The molecular formula is C17H17ClFN3O4. The lowest BCUT2D eigenvalue weighted by molar-refractivity contribution is 0.0113. The average Bonchev–Trinajstić information content (AvgIpc) is 2.64. The van der Waals surface area contributed by atoms with E-state index >= 15 is 0 Å². The minimum absolute atomic E-state index is 0.0338. The van der Waals surface area contributed by atoms with E-state index in [4.69, 9.17) is 16.3 Å². The molecule has 0 saturated carbocycles. The van der Waals surface area contributed by atoms with Gasteiger partial charge in [-0.2, -0.15) is 0 Å². The normalized spacial score (nSPS) is 16.2. The second-order valence-corrected chi connectivity index (χ2v) is 6.23. The largest absolute Gasteiger partial charge is 0.501 e. The van der Waals surface area contributed by atoms with Crippen molar-refractivity contribution in [1.82, 2.24) is 14.9 Å². The number of amides is 1. The van der Waals surface area contributed by atoms with Crippen LogP contribution >= 0.6 is 11.6 Å². The lowest BCUT2D eigenvalue weighted by Crippen LogP contribution is -2.36. The number of carbonyl (C=O) groups excluding carboxylic acids is 1. The van der Waals surface area contributed by atoms with Crippen LogP contribution < -0.4 is 10.9 Å². The van der Waals surface area contributed by atoms with Crippen molar-refractivity contribution in [3.63, 3.8) is 0 Å². The van der Waals surface area contributed by atoms with Gasteiger partial charge in [-0.15, -0.1) is 0 Å². The Bertz CT molecular complexity index is 916. The molecule has 1 atom stereocenters. The number of nitrogens with one attached hydrogen (secondary N) is 1. The molecule has 138 valence electrons. The second kappa shape index (κ2) is 7.43. The summed E-state index contributed by atoms with van der Waals surface area (Å²) < 4.78 is 20.1. The van der Waals surface area contributed by atoms with Gasteiger partial charge in [0.1, 0.15) is 17.7 Å². The van der Waals surface area contributed by atoms with Crippen molar-refractivity contribution in [1.29, 1.82) is 0 Å². The van der Waals surface area contributed by atoms with Gasteiger partial charge in [-0.25, -0.2) is 9.37 Å². The van der Waals surface area contributed by atoms with E-state index in [2.05, 4.69) is 10.3 Å². The van der Waals surface area contributed by atoms with Crippen LogP contribution in [-0.4, -0.2) is 27.2 Å². The van der Waals surface area contributed by atoms with E-state index in [0.717, 1.165) is 0 Å². The number of carbonyl (C=O) groups is 1. The Labute approximate surface area is 153 Å². The first-order valence-corrected chi connectivity index (χ1v) is 8.47. The number of rotatable bonds is 4. The fourth-order valence-corrected chi connectivity index (χ4v) is 2.96. The summed E-state index contributed by atoms with van der Waals surface area (Å²) in [6, 6.07) is 4.04. The third kappa shape index (κ3) is 3.42. The van der Waals surface area contributed by atoms with Gasteiger partial charge in [0.15, 0.2) is 5.69 Å². The van der Waals surface area contributed by atoms with Crippen molar-refractivity contribution in [2.75, 3.05) is 6.61 Å². The van der Waals surface area contributed by atoms with E-state index in [1.807, 2.05) is 6.92 Å². The molecule has 26 heavy (non-hydrogen) atoms. The summed E-state index contributed by atoms with van der Waals surface area (Å²) in [5.41, 5.74) is -0.473. The molecule has 0 spiro atoms. The summed E-state index contributed by atoms with van der Waals surface area (Å²) in [6.45, 7) is 2.51. The molecule has 9 heteroatoms. The molecule has 0 fully saturated rings. The first kappa shape index (κ1) is 18.3. The first-order valence-electron chi connectivity index (χ1n) is 8.09. The fraction of sp³-hybridized carbons (Fsp3) is 0.353. The molecule has 1 amide bonds. The Morgan fingerprint density at radius 3 is 3.00 bits per heavy atom. The molecule has 2 heterocycles. The number of hydrogen-bond acceptors (Lipinski definition) is 5. The number of fused-ring (bicyclic) bond motifs is 1. The Morgan fingerprint density at radius 2 is 2.31 bits per heavy atom. The van der Waals surface area contributed by atoms with Crippen molar-refractivity contribution >= 4 is 17.5 Å². The Hall–Kier alpha value is -2.45. The highest BCUT2D eigenvalue weighted by molar-refractivity contribution is 6.30. The fourth-order valence-electron chi connectivity index (χ4n) is 2.76. The molecule has 2 N–H and O–H groups in total. The molecule has 0 bridgehead atoms. The molecule has 1 aliphatic rings. The maximum atomic E-state index is 13.2. The minimum atomic E-state index is -0.719. The highest BCUT2D eigenvalue weighted by Gasteiger charge is 2.27. The zero-order chi connectivity index (χ0) is 18.8. The second-order valence-electron chi connectivity index (χ2n) is 5.82. The zero-order valence-corrected chi connectivity index (χ0v) is 14.7. The standard InChI is InChI=1S/C17H17ClFN3O4/c1-2-12-15-21-13(14(23)17(25)22(15)5-6-26-12)16(24)20-8-9-3-4-11(19)10(18)7-9/h3-4,7,12,23H,2,5-6,8H2,1H3,(H,20,24). The van der Waals surface area contributed by atoms with Gasteiger partial charge in [0, 0.05) is 6.54 Å². The molecule has 0 saturated heterocycles. The number of nitrogens with zero attached hydrogens (tertiary/aromatic N) is 2. The monoisotopic (exact) mass is 381 g/mol. The van der Waals surface area contributed by atoms with Crippen molar-refractivity contribution in [3.8, 4) is 5.75 Å². The van der Waals surface area contributed by atoms with Crippen molar-refractivity contribution in [2.45, 2.75) is 32.5 Å². The molecule has 1 aromatic heterocycles. The van der Waals surface area contributed by atoms with Crippen LogP contribution in [0.3, 0.4) is 0 Å². The lowest BCUT2D eigenvalue weighted by Gasteiger charge is -2.26. The molecule has 1 aliphatic heterocycles. The Morgan fingerprint density at radius 1 is 1.54 bits per heavy atom. The van der Waals surface area contributed by atoms with Crippen LogP contribution in [0.5, 0.6) is 5.75 Å². The summed E-state index contributed by atoms with van der Waals surface area (Å²) in [7, 11) is 0. The highest BCUT2D eigenvalue weighted by atomic mass is 35.5. The molecule has 1 aromatic carbocycles. The maximum absolute atomic E-state index is 13.2. The zero-order valence-electron chi connectivity index (χ0n) is 14.0. The highest BCUT2D eigenvalue weighted by Crippen LogP contribution is 2.24. The van der Waals surface area contributed by atoms with Gasteiger partial charge in [0.2, 0.25) is 5.75 Å². The van der Waals surface area contributed by atoms with Crippen LogP contribution in [0.2, 0.25) is 5.02 Å². The molecular weight excluding hydrogens is 365 g/mol. The summed E-state index contributed by atoms with van der Waals surface area (Å²) >= 11 is 5.71. The third-order valence-electron chi connectivity index (χ3n) is 4.12. The number of halogens is 2. The molecule has 2 aromatic rings. The van der Waals surface area contributed by atoms with Crippen LogP contribution in [0.1, 0.15) is 41.3 Å². The predicted molar refractivity (Wildman–Crippen MR) is 91.7 cm³/mol. The maximum Gasteiger partial charge on any atom is 0.296 e. The van der Waals surface area contributed by atoms with Gasteiger partial charge in [-0.05, 0) is 24.1 Å².